The van der Waals surface area contributed by atoms with Gasteiger partial charge in [0.1, 0.15) is 0 Å². The summed E-state index contributed by atoms with van der Waals surface area (Å²) in [5.74, 6) is 0. The van der Waals surface area contributed by atoms with E-state index < -0.39 is 11.7 Å². The van der Waals surface area contributed by atoms with Gasteiger partial charge in [-0.15, -0.1) is 0 Å². The third-order valence-corrected chi connectivity index (χ3v) is 4.33. The fraction of sp³-hybridized carbons (Fsp3) is 0.600. The Kier molecular flexibility index (Phi) is 3.90. The zero-order chi connectivity index (χ0) is 14.1. The molecule has 1 aliphatic rings. The van der Waals surface area contributed by atoms with E-state index in [0.717, 1.165) is 31.2 Å². The number of nitrogens with two attached hydrogens (primary N) is 1. The summed E-state index contributed by atoms with van der Waals surface area (Å²) < 4.78 is 38.1. The van der Waals surface area contributed by atoms with E-state index in [1.165, 1.54) is 18.6 Å². The number of hydrogen-bond acceptors (Lipinski definition) is 1. The van der Waals surface area contributed by atoms with Crippen LogP contribution in [0, 0.1) is 6.92 Å². The second-order valence-electron chi connectivity index (χ2n) is 5.57. The van der Waals surface area contributed by atoms with Gasteiger partial charge >= 0.3 is 6.18 Å². The van der Waals surface area contributed by atoms with Crippen LogP contribution in [0.4, 0.5) is 13.2 Å². The number of alkyl halides is 3. The summed E-state index contributed by atoms with van der Waals surface area (Å²) in [5, 5.41) is 0. The van der Waals surface area contributed by atoms with Gasteiger partial charge in [0.15, 0.2) is 0 Å². The van der Waals surface area contributed by atoms with Crippen LogP contribution in [-0.2, 0) is 11.6 Å². The van der Waals surface area contributed by atoms with Crippen molar-refractivity contribution in [3.8, 4) is 0 Å². The van der Waals surface area contributed by atoms with E-state index in [1.54, 1.807) is 13.0 Å². The molecule has 2 rings (SSSR count). The third-order valence-electron chi connectivity index (χ3n) is 4.33. The molecule has 1 fully saturated rings. The summed E-state index contributed by atoms with van der Waals surface area (Å²) in [5.41, 5.74) is 6.96. The van der Waals surface area contributed by atoms with Crippen molar-refractivity contribution < 1.29 is 13.2 Å². The lowest BCUT2D eigenvalue weighted by Gasteiger charge is -2.38. The molecule has 1 aromatic carbocycles. The Bertz CT molecular complexity index is 445. The van der Waals surface area contributed by atoms with Gasteiger partial charge in [0.05, 0.1) is 5.56 Å². The van der Waals surface area contributed by atoms with Crippen LogP contribution in [0.2, 0.25) is 0 Å². The lowest BCUT2D eigenvalue weighted by molar-refractivity contribution is -0.137. The second-order valence-corrected chi connectivity index (χ2v) is 5.57. The number of halogens is 3. The Balaban J connectivity index is 2.39. The number of benzene rings is 1. The smallest absolute Gasteiger partial charge is 0.330 e. The maximum Gasteiger partial charge on any atom is 0.416 e. The maximum absolute atomic E-state index is 12.7. The highest BCUT2D eigenvalue weighted by molar-refractivity contribution is 5.38. The van der Waals surface area contributed by atoms with E-state index in [2.05, 4.69) is 0 Å². The van der Waals surface area contributed by atoms with Crippen molar-refractivity contribution in [2.45, 2.75) is 50.6 Å². The molecule has 19 heavy (non-hydrogen) atoms. The molecule has 1 aliphatic carbocycles. The van der Waals surface area contributed by atoms with Gasteiger partial charge < -0.3 is 5.73 Å². The van der Waals surface area contributed by atoms with Crippen LogP contribution in [0.25, 0.3) is 0 Å². The van der Waals surface area contributed by atoms with Gasteiger partial charge in [-0.25, -0.2) is 0 Å². The van der Waals surface area contributed by atoms with Crippen molar-refractivity contribution in [3.63, 3.8) is 0 Å². The molecule has 0 radical (unpaired) electrons. The Labute approximate surface area is 112 Å². The molecule has 0 bridgehead atoms. The van der Waals surface area contributed by atoms with Crippen LogP contribution in [0.1, 0.15) is 48.8 Å². The first-order valence-electron chi connectivity index (χ1n) is 6.77. The summed E-state index contributed by atoms with van der Waals surface area (Å²) in [7, 11) is 0. The molecular formula is C15H20F3N. The normalized spacial score (nSPS) is 19.4. The Hall–Kier alpha value is -1.03. The van der Waals surface area contributed by atoms with E-state index >= 15 is 0 Å². The molecule has 0 amide bonds. The zero-order valence-corrected chi connectivity index (χ0v) is 11.2. The van der Waals surface area contributed by atoms with E-state index in [9.17, 15) is 13.2 Å². The lowest BCUT2D eigenvalue weighted by Crippen LogP contribution is -2.37. The van der Waals surface area contributed by atoms with Crippen LogP contribution in [0.3, 0.4) is 0 Å². The fourth-order valence-electron chi connectivity index (χ4n) is 3.25. The van der Waals surface area contributed by atoms with Crippen molar-refractivity contribution in [2.24, 2.45) is 5.73 Å². The molecule has 0 heterocycles. The molecule has 2 N–H and O–H groups in total. The first-order chi connectivity index (χ1) is 8.89. The largest absolute Gasteiger partial charge is 0.416 e. The topological polar surface area (TPSA) is 26.0 Å². The second kappa shape index (κ2) is 5.16. The zero-order valence-electron chi connectivity index (χ0n) is 11.2. The van der Waals surface area contributed by atoms with Crippen LogP contribution < -0.4 is 5.73 Å². The SMILES string of the molecule is Cc1cc(C(F)(F)F)ccc1C1(CN)CCCCC1. The van der Waals surface area contributed by atoms with Gasteiger partial charge in [-0.1, -0.05) is 25.3 Å². The molecule has 0 spiro atoms. The minimum absolute atomic E-state index is 0.119. The van der Waals surface area contributed by atoms with Gasteiger partial charge in [0.25, 0.3) is 0 Å². The van der Waals surface area contributed by atoms with E-state index in [1.807, 2.05) is 0 Å². The fourth-order valence-corrected chi connectivity index (χ4v) is 3.25. The van der Waals surface area contributed by atoms with Gasteiger partial charge in [0.2, 0.25) is 0 Å². The number of rotatable bonds is 2. The molecular weight excluding hydrogens is 251 g/mol. The molecule has 0 aliphatic heterocycles. The highest BCUT2D eigenvalue weighted by atomic mass is 19.4. The maximum atomic E-state index is 12.7. The molecule has 106 valence electrons. The minimum atomic E-state index is -4.27. The number of hydrogen-bond donors (Lipinski definition) is 1. The summed E-state index contributed by atoms with van der Waals surface area (Å²) >= 11 is 0. The lowest BCUT2D eigenvalue weighted by atomic mass is 9.68. The first kappa shape index (κ1) is 14.4. The van der Waals surface area contributed by atoms with Gasteiger partial charge in [0, 0.05) is 12.0 Å². The Morgan fingerprint density at radius 3 is 2.26 bits per heavy atom. The van der Waals surface area contributed by atoms with Gasteiger partial charge in [-0.3, -0.25) is 0 Å². The van der Waals surface area contributed by atoms with Crippen LogP contribution in [0.5, 0.6) is 0 Å². The predicted molar refractivity (Wildman–Crippen MR) is 70.0 cm³/mol. The van der Waals surface area contributed by atoms with Crippen molar-refractivity contribution in [1.29, 1.82) is 0 Å². The standard InChI is InChI=1S/C15H20F3N/c1-11-9-12(15(16,17)18)5-6-13(11)14(10-19)7-3-2-4-8-14/h5-6,9H,2-4,7-8,10,19H2,1H3. The average molecular weight is 271 g/mol. The molecule has 4 heteroatoms. The van der Waals surface area contributed by atoms with Gasteiger partial charge in [-0.05, 0) is 43.0 Å². The first-order valence-corrected chi connectivity index (χ1v) is 6.77. The van der Waals surface area contributed by atoms with Crippen molar-refractivity contribution in [2.75, 3.05) is 6.54 Å². The molecule has 0 saturated heterocycles. The van der Waals surface area contributed by atoms with Crippen molar-refractivity contribution in [3.05, 3.63) is 34.9 Å². The van der Waals surface area contributed by atoms with Crippen molar-refractivity contribution >= 4 is 0 Å². The van der Waals surface area contributed by atoms with E-state index in [-0.39, 0.29) is 5.41 Å². The molecule has 0 aromatic heterocycles. The van der Waals surface area contributed by atoms with Gasteiger partial charge in [-0.2, -0.15) is 13.2 Å². The summed E-state index contributed by atoms with van der Waals surface area (Å²) in [6.07, 6.45) is 1.11. The van der Waals surface area contributed by atoms with E-state index in [4.69, 9.17) is 5.73 Å². The van der Waals surface area contributed by atoms with Crippen LogP contribution >= 0.6 is 0 Å². The summed E-state index contributed by atoms with van der Waals surface area (Å²) in [6.45, 7) is 2.27. The summed E-state index contributed by atoms with van der Waals surface area (Å²) in [6, 6.07) is 4.08. The van der Waals surface area contributed by atoms with Crippen LogP contribution in [-0.4, -0.2) is 6.54 Å². The van der Waals surface area contributed by atoms with Crippen LogP contribution in [0.15, 0.2) is 18.2 Å². The average Bonchev–Trinajstić information content (AvgIpc) is 2.38. The molecule has 1 nitrogen and oxygen atoms in total. The Morgan fingerprint density at radius 2 is 1.79 bits per heavy atom. The highest BCUT2D eigenvalue weighted by Gasteiger charge is 2.36. The molecule has 0 atom stereocenters. The number of aryl methyl sites for hydroxylation is 1. The minimum Gasteiger partial charge on any atom is -0.330 e. The molecule has 1 aromatic rings. The predicted octanol–water partition coefficient (Wildman–Crippen LogP) is 4.17. The summed E-state index contributed by atoms with van der Waals surface area (Å²) in [4.78, 5) is 0. The third kappa shape index (κ3) is 2.78. The quantitative estimate of drug-likeness (QED) is 0.858. The monoisotopic (exact) mass is 271 g/mol. The Morgan fingerprint density at radius 1 is 1.16 bits per heavy atom. The molecule has 0 unspecified atom stereocenters. The van der Waals surface area contributed by atoms with Crippen molar-refractivity contribution in [1.82, 2.24) is 0 Å². The van der Waals surface area contributed by atoms with E-state index in [0.29, 0.717) is 12.1 Å². The molecule has 1 saturated carbocycles. The highest BCUT2D eigenvalue weighted by Crippen LogP contribution is 2.41.